The molecular formula is C17H13ClN2O5. The van der Waals surface area contributed by atoms with Crippen LogP contribution in [-0.4, -0.2) is 21.6 Å². The highest BCUT2D eigenvalue weighted by Crippen LogP contribution is 2.19. The lowest BCUT2D eigenvalue weighted by molar-refractivity contribution is -0.116. The molecule has 0 aliphatic rings. The number of amides is 1. The first-order valence-electron chi connectivity index (χ1n) is 7.37. The molecule has 0 saturated heterocycles. The SMILES string of the molecule is O=C(CCn1c(=O)oc2cc(Cl)ccc21)Nc1ccccc1C(=O)O. The number of hydrogen-bond donors (Lipinski definition) is 2. The number of aromatic carboxylic acids is 1. The predicted molar refractivity (Wildman–Crippen MR) is 92.1 cm³/mol. The van der Waals surface area contributed by atoms with Crippen LogP contribution in [0, 0.1) is 0 Å². The fraction of sp³-hybridized carbons (Fsp3) is 0.118. The number of benzene rings is 2. The smallest absolute Gasteiger partial charge is 0.419 e. The van der Waals surface area contributed by atoms with E-state index in [0.717, 1.165) is 0 Å². The maximum Gasteiger partial charge on any atom is 0.419 e. The molecule has 0 aliphatic heterocycles. The van der Waals surface area contributed by atoms with Gasteiger partial charge in [-0.2, -0.15) is 0 Å². The molecule has 0 saturated carbocycles. The van der Waals surface area contributed by atoms with Crippen molar-refractivity contribution in [2.24, 2.45) is 0 Å². The Bertz CT molecular complexity index is 1020. The van der Waals surface area contributed by atoms with Crippen LogP contribution in [0.1, 0.15) is 16.8 Å². The molecule has 0 spiro atoms. The van der Waals surface area contributed by atoms with Crippen LogP contribution in [0.15, 0.2) is 51.7 Å². The van der Waals surface area contributed by atoms with Gasteiger partial charge in [-0.1, -0.05) is 23.7 Å². The van der Waals surface area contributed by atoms with Gasteiger partial charge in [0.25, 0.3) is 0 Å². The van der Waals surface area contributed by atoms with Gasteiger partial charge < -0.3 is 14.8 Å². The Balaban J connectivity index is 1.74. The summed E-state index contributed by atoms with van der Waals surface area (Å²) in [5.74, 6) is -2.13. The molecule has 0 radical (unpaired) electrons. The third-order valence-corrected chi connectivity index (χ3v) is 3.86. The van der Waals surface area contributed by atoms with Crippen LogP contribution < -0.4 is 11.1 Å². The summed E-state index contributed by atoms with van der Waals surface area (Å²) in [6.07, 6.45) is -0.0227. The van der Waals surface area contributed by atoms with Crippen molar-refractivity contribution in [2.45, 2.75) is 13.0 Å². The maximum atomic E-state index is 12.1. The van der Waals surface area contributed by atoms with Gasteiger partial charge in [0.1, 0.15) is 0 Å². The average molecular weight is 361 g/mol. The second kappa shape index (κ2) is 6.82. The first-order valence-corrected chi connectivity index (χ1v) is 7.74. The van der Waals surface area contributed by atoms with Crippen molar-refractivity contribution in [1.29, 1.82) is 0 Å². The average Bonchev–Trinajstić information content (AvgIpc) is 2.87. The number of aromatic nitrogens is 1. The number of anilines is 1. The van der Waals surface area contributed by atoms with Crippen LogP contribution in [0.25, 0.3) is 11.1 Å². The van der Waals surface area contributed by atoms with E-state index in [4.69, 9.17) is 21.1 Å². The van der Waals surface area contributed by atoms with Crippen LogP contribution in [0.4, 0.5) is 5.69 Å². The third kappa shape index (κ3) is 3.56. The summed E-state index contributed by atoms with van der Waals surface area (Å²) in [4.78, 5) is 35.2. The van der Waals surface area contributed by atoms with Crippen LogP contribution in [-0.2, 0) is 11.3 Å². The minimum atomic E-state index is -1.13. The van der Waals surface area contributed by atoms with Gasteiger partial charge in [-0.25, -0.2) is 9.59 Å². The molecule has 1 amide bonds. The van der Waals surface area contributed by atoms with Crippen LogP contribution >= 0.6 is 11.6 Å². The van der Waals surface area contributed by atoms with Gasteiger partial charge >= 0.3 is 11.7 Å². The predicted octanol–water partition coefficient (Wildman–Crippen LogP) is 2.97. The molecule has 0 aliphatic carbocycles. The molecule has 2 aromatic carbocycles. The third-order valence-electron chi connectivity index (χ3n) is 3.62. The van der Waals surface area contributed by atoms with Crippen molar-refractivity contribution >= 4 is 40.3 Å². The van der Waals surface area contributed by atoms with Gasteiger partial charge in [-0.15, -0.1) is 0 Å². The van der Waals surface area contributed by atoms with Crippen molar-refractivity contribution in [3.05, 3.63) is 63.6 Å². The zero-order valence-electron chi connectivity index (χ0n) is 12.9. The quantitative estimate of drug-likeness (QED) is 0.728. The molecular weight excluding hydrogens is 348 g/mol. The fourth-order valence-electron chi connectivity index (χ4n) is 2.46. The van der Waals surface area contributed by atoms with Crippen molar-refractivity contribution in [1.82, 2.24) is 4.57 Å². The monoisotopic (exact) mass is 360 g/mol. The van der Waals surface area contributed by atoms with E-state index < -0.39 is 17.6 Å². The number of hydrogen-bond acceptors (Lipinski definition) is 4. The number of carboxylic acid groups (broad SMARTS) is 1. The number of oxazole rings is 1. The Morgan fingerprint density at radius 1 is 1.20 bits per heavy atom. The number of aryl methyl sites for hydroxylation is 1. The lowest BCUT2D eigenvalue weighted by Gasteiger charge is -2.08. The number of carbonyl (C=O) groups excluding carboxylic acids is 1. The van der Waals surface area contributed by atoms with Crippen LogP contribution in [0.3, 0.4) is 0 Å². The molecule has 2 N–H and O–H groups in total. The van der Waals surface area contributed by atoms with Crippen molar-refractivity contribution in [2.75, 3.05) is 5.32 Å². The van der Waals surface area contributed by atoms with Crippen molar-refractivity contribution < 1.29 is 19.1 Å². The molecule has 0 fully saturated rings. The number of para-hydroxylation sites is 1. The van der Waals surface area contributed by atoms with E-state index in [2.05, 4.69) is 5.32 Å². The zero-order valence-corrected chi connectivity index (χ0v) is 13.6. The van der Waals surface area contributed by atoms with Crippen LogP contribution in [0.2, 0.25) is 5.02 Å². The summed E-state index contributed by atoms with van der Waals surface area (Å²) in [6, 6.07) is 10.9. The molecule has 7 nitrogen and oxygen atoms in total. The summed E-state index contributed by atoms with van der Waals surface area (Å²) < 4.78 is 6.42. The number of nitrogens with zero attached hydrogens (tertiary/aromatic N) is 1. The largest absolute Gasteiger partial charge is 0.478 e. The molecule has 0 atom stereocenters. The summed E-state index contributed by atoms with van der Waals surface area (Å²) in [5, 5.41) is 12.1. The lowest BCUT2D eigenvalue weighted by atomic mass is 10.2. The number of carboxylic acids is 1. The number of rotatable bonds is 5. The van der Waals surface area contributed by atoms with Gasteiger partial charge in [0.15, 0.2) is 5.58 Å². The van der Waals surface area contributed by atoms with Gasteiger partial charge in [0.2, 0.25) is 5.91 Å². The van der Waals surface area contributed by atoms with E-state index in [1.165, 1.54) is 22.8 Å². The van der Waals surface area contributed by atoms with Gasteiger partial charge in [-0.05, 0) is 24.3 Å². The number of halogens is 1. The molecule has 1 aromatic heterocycles. The highest BCUT2D eigenvalue weighted by atomic mass is 35.5. The summed E-state index contributed by atoms with van der Waals surface area (Å²) in [5.41, 5.74) is 1.08. The van der Waals surface area contributed by atoms with E-state index in [1.807, 2.05) is 0 Å². The Labute approximate surface area is 146 Å². The number of fused-ring (bicyclic) bond motifs is 1. The second-order valence-corrected chi connectivity index (χ2v) is 5.72. The summed E-state index contributed by atoms with van der Waals surface area (Å²) in [6.45, 7) is 0.0918. The molecule has 25 heavy (non-hydrogen) atoms. The van der Waals surface area contributed by atoms with E-state index >= 15 is 0 Å². The molecule has 0 unspecified atom stereocenters. The highest BCUT2D eigenvalue weighted by Gasteiger charge is 2.14. The van der Waals surface area contributed by atoms with E-state index in [1.54, 1.807) is 24.3 Å². The van der Waals surface area contributed by atoms with Crippen molar-refractivity contribution in [3.8, 4) is 0 Å². The number of nitrogens with one attached hydrogen (secondary N) is 1. The first-order chi connectivity index (χ1) is 12.0. The number of carbonyl (C=O) groups is 2. The minimum absolute atomic E-state index is 0.00332. The zero-order chi connectivity index (χ0) is 18.0. The lowest BCUT2D eigenvalue weighted by Crippen LogP contribution is -2.20. The molecule has 0 bridgehead atoms. The van der Waals surface area contributed by atoms with E-state index in [-0.39, 0.29) is 24.2 Å². The molecule has 128 valence electrons. The van der Waals surface area contributed by atoms with Crippen LogP contribution in [0.5, 0.6) is 0 Å². The molecule has 3 rings (SSSR count). The Kier molecular flexibility index (Phi) is 4.58. The topological polar surface area (TPSA) is 102 Å². The molecule has 8 heteroatoms. The normalized spacial score (nSPS) is 10.8. The standard InChI is InChI=1S/C17H13ClN2O5/c18-10-5-6-13-14(9-10)25-17(24)20(13)8-7-15(21)19-12-4-2-1-3-11(12)16(22)23/h1-6,9H,7-8H2,(H,19,21)(H,22,23). The first kappa shape index (κ1) is 16.8. The fourth-order valence-corrected chi connectivity index (χ4v) is 2.62. The Morgan fingerprint density at radius 2 is 1.96 bits per heavy atom. The minimum Gasteiger partial charge on any atom is -0.478 e. The second-order valence-electron chi connectivity index (χ2n) is 5.28. The van der Waals surface area contributed by atoms with Crippen molar-refractivity contribution in [3.63, 3.8) is 0 Å². The van der Waals surface area contributed by atoms with E-state index in [0.29, 0.717) is 16.1 Å². The maximum absolute atomic E-state index is 12.1. The van der Waals surface area contributed by atoms with Gasteiger partial charge in [0.05, 0.1) is 16.8 Å². The summed E-state index contributed by atoms with van der Waals surface area (Å²) in [7, 11) is 0. The Morgan fingerprint density at radius 3 is 2.72 bits per heavy atom. The van der Waals surface area contributed by atoms with Gasteiger partial charge in [0, 0.05) is 24.1 Å². The van der Waals surface area contributed by atoms with E-state index in [9.17, 15) is 14.4 Å². The highest BCUT2D eigenvalue weighted by molar-refractivity contribution is 6.31. The Hall–Kier alpha value is -3.06. The summed E-state index contributed by atoms with van der Waals surface area (Å²) >= 11 is 5.86. The molecule has 1 heterocycles. The molecule has 3 aromatic rings. The van der Waals surface area contributed by atoms with Gasteiger partial charge in [-0.3, -0.25) is 9.36 Å².